The molecule has 44 heavy (non-hydrogen) atoms. The zero-order chi connectivity index (χ0) is 32.0. The van der Waals surface area contributed by atoms with E-state index in [-0.39, 0.29) is 31.5 Å². The fourth-order valence-corrected chi connectivity index (χ4v) is 7.20. The van der Waals surface area contributed by atoms with Crippen molar-refractivity contribution in [3.8, 4) is 0 Å². The summed E-state index contributed by atoms with van der Waals surface area (Å²) in [5.74, 6) is 0. The number of rotatable bonds is 14. The third-order valence-corrected chi connectivity index (χ3v) is 9.87. The molecule has 1 aromatic heterocycles. The van der Waals surface area contributed by atoms with Crippen molar-refractivity contribution in [3.05, 3.63) is 23.5 Å². The van der Waals surface area contributed by atoms with Crippen LogP contribution in [0.1, 0.15) is 72.2 Å². The number of nitrogens with zero attached hydrogens (tertiary/aromatic N) is 2. The lowest BCUT2D eigenvalue weighted by molar-refractivity contribution is -0.0480. The van der Waals surface area contributed by atoms with E-state index in [1.807, 2.05) is 46.8 Å². The van der Waals surface area contributed by atoms with Crippen molar-refractivity contribution < 1.29 is 41.8 Å². The second-order valence-corrected chi connectivity index (χ2v) is 13.4. The average Bonchev–Trinajstić information content (AvgIpc) is 3.00. The normalized spacial score (nSPS) is 19.6. The molecule has 2 heterocycles. The number of anilines is 1. The molecule has 0 aliphatic carbocycles. The second-order valence-electron chi connectivity index (χ2n) is 10.6. The summed E-state index contributed by atoms with van der Waals surface area (Å²) in [5, 5.41) is 3.10. The number of amides is 2. The molecular weight excluding hydrogens is 586 g/mol. The van der Waals surface area contributed by atoms with Gasteiger partial charge in [0.1, 0.15) is 0 Å². The minimum absolute atomic E-state index is 0.136. The summed E-state index contributed by atoms with van der Waals surface area (Å²) >= 11 is 0. The van der Waals surface area contributed by atoms with Crippen LogP contribution in [-0.4, -0.2) is 105 Å². The molecule has 1 aliphatic heterocycles. The zero-order valence-corrected chi connectivity index (χ0v) is 28.9. The van der Waals surface area contributed by atoms with E-state index < -0.39 is 8.80 Å². The summed E-state index contributed by atoms with van der Waals surface area (Å²) in [5.41, 5.74) is 2.19. The predicted molar refractivity (Wildman–Crippen MR) is 171 cm³/mol. The molecule has 0 aromatic carbocycles. The van der Waals surface area contributed by atoms with Gasteiger partial charge < -0.3 is 42.3 Å². The van der Waals surface area contributed by atoms with Crippen molar-refractivity contribution in [3.63, 3.8) is 0 Å². The monoisotopic (exact) mass is 643 g/mol. The summed E-state index contributed by atoms with van der Waals surface area (Å²) in [4.78, 5) is 20.2. The van der Waals surface area contributed by atoms with Gasteiger partial charge >= 0.3 is 14.8 Å². The Bertz CT molecular complexity index is 859. The third kappa shape index (κ3) is 15.1. The SMILES string of the molecule is CCCCN(C(=O)NCCC[Si](OCC)(OCC)OCC)c1cc2nc(c1)CO[C@@H](C)COCCOCCOC[C@H](C)OC2. The van der Waals surface area contributed by atoms with Crippen LogP contribution in [-0.2, 0) is 50.2 Å². The maximum absolute atomic E-state index is 13.6. The van der Waals surface area contributed by atoms with Crippen LogP contribution in [0.2, 0.25) is 6.04 Å². The molecule has 254 valence electrons. The van der Waals surface area contributed by atoms with Gasteiger partial charge in [0.15, 0.2) is 0 Å². The molecule has 13 heteroatoms. The molecule has 0 spiro atoms. The van der Waals surface area contributed by atoms with Gasteiger partial charge in [0.2, 0.25) is 0 Å². The average molecular weight is 644 g/mol. The van der Waals surface area contributed by atoms with E-state index in [1.54, 1.807) is 4.90 Å². The van der Waals surface area contributed by atoms with Gasteiger partial charge in [-0.25, -0.2) is 4.79 Å². The van der Waals surface area contributed by atoms with Crippen LogP contribution in [0.5, 0.6) is 0 Å². The molecule has 0 saturated carbocycles. The molecule has 0 saturated heterocycles. The lowest BCUT2D eigenvalue weighted by Gasteiger charge is -2.29. The number of carbonyl (C=O) groups excluding carboxylic acids is 1. The Morgan fingerprint density at radius 1 is 0.864 bits per heavy atom. The maximum Gasteiger partial charge on any atom is 0.500 e. The second kappa shape index (κ2) is 22.8. The Morgan fingerprint density at radius 2 is 1.39 bits per heavy atom. The van der Waals surface area contributed by atoms with Crippen LogP contribution in [0.15, 0.2) is 12.1 Å². The number of unbranched alkanes of at least 4 members (excludes halogenated alkanes) is 1. The molecule has 2 rings (SSSR count). The van der Waals surface area contributed by atoms with E-state index in [9.17, 15) is 4.79 Å². The van der Waals surface area contributed by atoms with Crippen molar-refractivity contribution >= 4 is 20.5 Å². The van der Waals surface area contributed by atoms with Gasteiger partial charge in [-0.2, -0.15) is 0 Å². The first kappa shape index (κ1) is 38.5. The Kier molecular flexibility index (Phi) is 19.9. The lowest BCUT2D eigenvalue weighted by atomic mass is 10.2. The van der Waals surface area contributed by atoms with E-state index in [2.05, 4.69) is 12.2 Å². The molecular formula is C31H57N3O9Si. The summed E-state index contributed by atoms with van der Waals surface area (Å²) in [7, 11) is -2.77. The third-order valence-electron chi connectivity index (χ3n) is 6.72. The number of hydrogen-bond donors (Lipinski definition) is 1. The first-order chi connectivity index (χ1) is 21.4. The quantitative estimate of drug-likeness (QED) is 0.226. The van der Waals surface area contributed by atoms with Crippen molar-refractivity contribution in [1.82, 2.24) is 10.3 Å². The van der Waals surface area contributed by atoms with Crippen molar-refractivity contribution in [2.45, 2.75) is 92.3 Å². The van der Waals surface area contributed by atoms with Crippen molar-refractivity contribution in [2.24, 2.45) is 0 Å². The number of nitrogens with one attached hydrogen (secondary N) is 1. The number of ether oxygens (including phenoxy) is 5. The molecule has 2 atom stereocenters. The highest BCUT2D eigenvalue weighted by Gasteiger charge is 2.39. The molecule has 2 amide bonds. The number of pyridine rings is 1. The molecule has 0 fully saturated rings. The van der Waals surface area contributed by atoms with Crippen LogP contribution in [0.4, 0.5) is 10.5 Å². The topological polar surface area (TPSA) is 119 Å². The minimum atomic E-state index is -2.77. The van der Waals surface area contributed by atoms with Crippen molar-refractivity contribution in [2.75, 3.05) is 77.5 Å². The molecule has 1 aromatic rings. The van der Waals surface area contributed by atoms with Gasteiger partial charge in [0.05, 0.1) is 76.5 Å². The van der Waals surface area contributed by atoms with Crippen LogP contribution in [0.3, 0.4) is 0 Å². The Labute approximate surface area is 265 Å². The summed E-state index contributed by atoms with van der Waals surface area (Å²) in [6, 6.07) is 4.30. The van der Waals surface area contributed by atoms with Gasteiger partial charge in [0.25, 0.3) is 0 Å². The lowest BCUT2D eigenvalue weighted by Crippen LogP contribution is -2.47. The van der Waals surface area contributed by atoms with Gasteiger partial charge in [-0.15, -0.1) is 0 Å². The van der Waals surface area contributed by atoms with Crippen LogP contribution >= 0.6 is 0 Å². The van der Waals surface area contributed by atoms with Crippen LogP contribution in [0, 0.1) is 0 Å². The van der Waals surface area contributed by atoms with Crippen LogP contribution in [0.25, 0.3) is 0 Å². The number of carbonyl (C=O) groups is 1. The van der Waals surface area contributed by atoms with Crippen molar-refractivity contribution in [1.29, 1.82) is 0 Å². The molecule has 2 bridgehead atoms. The van der Waals surface area contributed by atoms with Crippen LogP contribution < -0.4 is 10.2 Å². The number of fused-ring (bicyclic) bond motifs is 2. The number of aromatic nitrogens is 1. The number of hydrogen-bond acceptors (Lipinski definition) is 10. The molecule has 1 aliphatic rings. The highest BCUT2D eigenvalue weighted by molar-refractivity contribution is 6.60. The Hall–Kier alpha value is -1.68. The summed E-state index contributed by atoms with van der Waals surface area (Å²) < 4.78 is 46.9. The van der Waals surface area contributed by atoms with E-state index >= 15 is 0 Å². The molecule has 1 N–H and O–H groups in total. The highest BCUT2D eigenvalue weighted by Crippen LogP contribution is 2.21. The van der Waals surface area contributed by atoms with E-state index in [0.717, 1.165) is 29.9 Å². The summed E-state index contributed by atoms with van der Waals surface area (Å²) in [6.45, 7) is 17.9. The predicted octanol–water partition coefficient (Wildman–Crippen LogP) is 4.71. The Morgan fingerprint density at radius 3 is 1.89 bits per heavy atom. The van der Waals surface area contributed by atoms with E-state index in [1.165, 1.54) is 0 Å². The standard InChI is InChI=1S/C31H57N3O9Si/c1-7-11-14-34(31(35)32-13-12-19-44(41-8-2,42-9-3)43-10-4)30-20-28-24-39-26(5)22-37-17-15-36-16-18-38-23-27(6)40-25-29(21-30)33-28/h20-21,26-27H,7-19,22-25H2,1-6H3,(H,32,35)/t26-,27-/m0/s1. The smallest absolute Gasteiger partial charge is 0.377 e. The highest BCUT2D eigenvalue weighted by atomic mass is 28.4. The van der Waals surface area contributed by atoms with E-state index in [4.69, 9.17) is 41.9 Å². The van der Waals surface area contributed by atoms with E-state index in [0.29, 0.717) is 85.0 Å². The van der Waals surface area contributed by atoms with Gasteiger partial charge in [-0.05, 0) is 59.6 Å². The minimum Gasteiger partial charge on any atom is -0.377 e. The maximum atomic E-state index is 13.6. The van der Waals surface area contributed by atoms with Gasteiger partial charge in [-0.1, -0.05) is 13.3 Å². The fraction of sp³-hybridized carbons (Fsp3) is 0.806. The first-order valence-electron chi connectivity index (χ1n) is 16.3. The largest absolute Gasteiger partial charge is 0.500 e. The first-order valence-corrected chi connectivity index (χ1v) is 18.2. The number of urea groups is 1. The fourth-order valence-electron chi connectivity index (χ4n) is 4.58. The molecule has 12 nitrogen and oxygen atoms in total. The molecule has 0 unspecified atom stereocenters. The Balaban J connectivity index is 2.18. The van der Waals surface area contributed by atoms with Gasteiger partial charge in [0, 0.05) is 44.6 Å². The molecule has 0 radical (unpaired) electrons. The van der Waals surface area contributed by atoms with Gasteiger partial charge in [-0.3, -0.25) is 9.88 Å². The summed E-state index contributed by atoms with van der Waals surface area (Å²) in [6.07, 6.45) is 2.21. The zero-order valence-electron chi connectivity index (χ0n) is 27.9.